The first kappa shape index (κ1) is 19.1. The van der Waals surface area contributed by atoms with Gasteiger partial charge in [0.05, 0.1) is 18.3 Å². The van der Waals surface area contributed by atoms with E-state index in [2.05, 4.69) is 16.0 Å². The van der Waals surface area contributed by atoms with Crippen LogP contribution in [0.25, 0.3) is 5.69 Å². The first-order valence-corrected chi connectivity index (χ1v) is 10.3. The van der Waals surface area contributed by atoms with Crippen LogP contribution in [0.5, 0.6) is 0 Å². The average molecular weight is 411 g/mol. The molecule has 0 saturated heterocycles. The van der Waals surface area contributed by atoms with E-state index in [0.29, 0.717) is 6.54 Å². The molecule has 1 unspecified atom stereocenters. The largest absolute Gasteiger partial charge is 0.322 e. The topological polar surface area (TPSA) is 37.3 Å². The molecule has 154 valence electrons. The van der Waals surface area contributed by atoms with Gasteiger partial charge >= 0.3 is 6.03 Å². The first-order valence-electron chi connectivity index (χ1n) is 10.3. The highest BCUT2D eigenvalue weighted by molar-refractivity contribution is 5.90. The van der Waals surface area contributed by atoms with Crippen molar-refractivity contribution in [2.45, 2.75) is 19.5 Å². The molecule has 5 heteroatoms. The molecule has 4 nitrogen and oxygen atoms in total. The molecule has 0 bridgehead atoms. The fourth-order valence-electron chi connectivity index (χ4n) is 4.25. The van der Waals surface area contributed by atoms with Crippen LogP contribution in [0.1, 0.15) is 28.4 Å². The summed E-state index contributed by atoms with van der Waals surface area (Å²) in [6.45, 7) is 2.42. The van der Waals surface area contributed by atoms with Crippen molar-refractivity contribution in [1.29, 1.82) is 0 Å². The lowest BCUT2D eigenvalue weighted by Crippen LogP contribution is -2.37. The Bertz CT molecular complexity index is 1250. The van der Waals surface area contributed by atoms with Gasteiger partial charge in [0.1, 0.15) is 5.82 Å². The maximum Gasteiger partial charge on any atom is 0.322 e. The van der Waals surface area contributed by atoms with Gasteiger partial charge < -0.3 is 14.8 Å². The maximum atomic E-state index is 13.7. The maximum absolute atomic E-state index is 13.7. The Hall–Kier alpha value is -3.86. The zero-order chi connectivity index (χ0) is 21.4. The lowest BCUT2D eigenvalue weighted by atomic mass is 10.0. The number of para-hydroxylation sites is 1. The Morgan fingerprint density at radius 2 is 1.77 bits per heavy atom. The quantitative estimate of drug-likeness (QED) is 0.428. The van der Waals surface area contributed by atoms with Crippen LogP contribution in [0.15, 0.2) is 91.1 Å². The van der Waals surface area contributed by atoms with E-state index in [1.165, 1.54) is 12.1 Å². The predicted molar refractivity (Wildman–Crippen MR) is 120 cm³/mol. The van der Waals surface area contributed by atoms with Gasteiger partial charge in [0.15, 0.2) is 0 Å². The Morgan fingerprint density at radius 1 is 0.968 bits per heavy atom. The monoisotopic (exact) mass is 411 g/mol. The molecule has 0 fully saturated rings. The van der Waals surface area contributed by atoms with E-state index in [9.17, 15) is 9.18 Å². The summed E-state index contributed by atoms with van der Waals surface area (Å²) in [7, 11) is 0. The molecule has 1 N–H and O–H groups in total. The third-order valence-electron chi connectivity index (χ3n) is 5.68. The van der Waals surface area contributed by atoms with Crippen molar-refractivity contribution in [3.05, 3.63) is 119 Å². The van der Waals surface area contributed by atoms with Crippen LogP contribution in [0.2, 0.25) is 0 Å². The standard InChI is InChI=1S/C26H22FN3O/c1-18-6-4-8-22(16-18)28-26(31)30-17-20-7-2-3-9-23(20)29-15-5-10-24(29)25(30)19-11-13-21(27)14-12-19/h2-16,25H,17H2,1H3,(H,28,31). The van der Waals surface area contributed by atoms with Crippen molar-refractivity contribution < 1.29 is 9.18 Å². The molecule has 4 aromatic rings. The Labute approximate surface area is 180 Å². The van der Waals surface area contributed by atoms with Crippen molar-refractivity contribution in [2.24, 2.45) is 0 Å². The number of hydrogen-bond donors (Lipinski definition) is 1. The fraction of sp³-hybridized carbons (Fsp3) is 0.115. The summed E-state index contributed by atoms with van der Waals surface area (Å²) in [6, 6.07) is 25.6. The van der Waals surface area contributed by atoms with Gasteiger partial charge in [-0.15, -0.1) is 0 Å². The van der Waals surface area contributed by atoms with Gasteiger partial charge in [0.25, 0.3) is 0 Å². The van der Waals surface area contributed by atoms with Gasteiger partial charge in [-0.25, -0.2) is 9.18 Å². The first-order chi connectivity index (χ1) is 15.1. The smallest absolute Gasteiger partial charge is 0.318 e. The van der Waals surface area contributed by atoms with E-state index in [1.807, 2.05) is 72.6 Å². The lowest BCUT2D eigenvalue weighted by molar-refractivity contribution is 0.194. The highest BCUT2D eigenvalue weighted by Gasteiger charge is 2.33. The summed E-state index contributed by atoms with van der Waals surface area (Å²) < 4.78 is 15.8. The molecule has 1 atom stereocenters. The van der Waals surface area contributed by atoms with E-state index < -0.39 is 0 Å². The number of anilines is 1. The zero-order valence-electron chi connectivity index (χ0n) is 17.1. The second-order valence-electron chi connectivity index (χ2n) is 7.81. The number of carbonyl (C=O) groups excluding carboxylic acids is 1. The second-order valence-corrected chi connectivity index (χ2v) is 7.81. The number of benzene rings is 3. The summed E-state index contributed by atoms with van der Waals surface area (Å²) in [5.41, 5.74) is 5.72. The Morgan fingerprint density at radius 3 is 2.58 bits per heavy atom. The Balaban J connectivity index is 1.63. The molecule has 2 heterocycles. The number of halogens is 1. The average Bonchev–Trinajstić information content (AvgIpc) is 3.19. The highest BCUT2D eigenvalue weighted by atomic mass is 19.1. The number of aryl methyl sites for hydroxylation is 1. The van der Waals surface area contributed by atoms with Gasteiger partial charge in [-0.3, -0.25) is 0 Å². The van der Waals surface area contributed by atoms with Crippen LogP contribution in [0, 0.1) is 12.7 Å². The molecular weight excluding hydrogens is 389 g/mol. The lowest BCUT2D eigenvalue weighted by Gasteiger charge is -2.31. The number of rotatable bonds is 2. The van der Waals surface area contributed by atoms with Gasteiger partial charge in [-0.1, -0.05) is 42.5 Å². The number of amides is 2. The molecule has 1 aliphatic rings. The number of aromatic nitrogens is 1. The molecule has 3 aromatic carbocycles. The minimum atomic E-state index is -0.368. The molecule has 0 saturated carbocycles. The minimum absolute atomic E-state index is 0.204. The van der Waals surface area contributed by atoms with Crippen LogP contribution in [0.4, 0.5) is 14.9 Å². The molecule has 0 spiro atoms. The molecule has 0 radical (unpaired) electrons. The van der Waals surface area contributed by atoms with E-state index in [4.69, 9.17) is 0 Å². The van der Waals surface area contributed by atoms with Crippen LogP contribution >= 0.6 is 0 Å². The summed E-state index contributed by atoms with van der Waals surface area (Å²) >= 11 is 0. The summed E-state index contributed by atoms with van der Waals surface area (Å²) in [5.74, 6) is -0.299. The van der Waals surface area contributed by atoms with Crippen molar-refractivity contribution in [1.82, 2.24) is 9.47 Å². The van der Waals surface area contributed by atoms with Crippen molar-refractivity contribution in [3.63, 3.8) is 0 Å². The fourth-order valence-corrected chi connectivity index (χ4v) is 4.25. The van der Waals surface area contributed by atoms with Crippen LogP contribution in [-0.4, -0.2) is 15.5 Å². The predicted octanol–water partition coefficient (Wildman–Crippen LogP) is 6.06. The second kappa shape index (κ2) is 7.76. The van der Waals surface area contributed by atoms with Gasteiger partial charge in [-0.05, 0) is 66.1 Å². The van der Waals surface area contributed by atoms with Gasteiger partial charge in [-0.2, -0.15) is 0 Å². The van der Waals surface area contributed by atoms with E-state index in [0.717, 1.165) is 33.8 Å². The number of nitrogens with zero attached hydrogens (tertiary/aromatic N) is 2. The van der Waals surface area contributed by atoms with Crippen molar-refractivity contribution >= 4 is 11.7 Å². The number of fused-ring (bicyclic) bond motifs is 3. The molecule has 31 heavy (non-hydrogen) atoms. The summed E-state index contributed by atoms with van der Waals surface area (Å²) in [6.07, 6.45) is 2.01. The SMILES string of the molecule is Cc1cccc(NC(=O)N2Cc3ccccc3-n3cccc3C2c2ccc(F)cc2)c1. The zero-order valence-corrected chi connectivity index (χ0v) is 17.1. The molecule has 5 rings (SSSR count). The molecule has 1 aliphatic heterocycles. The molecule has 0 aliphatic carbocycles. The third-order valence-corrected chi connectivity index (χ3v) is 5.68. The van der Waals surface area contributed by atoms with Crippen LogP contribution in [0.3, 0.4) is 0 Å². The highest BCUT2D eigenvalue weighted by Crippen LogP contribution is 2.37. The third kappa shape index (κ3) is 3.59. The minimum Gasteiger partial charge on any atom is -0.318 e. The summed E-state index contributed by atoms with van der Waals surface area (Å²) in [4.78, 5) is 15.4. The van der Waals surface area contributed by atoms with Crippen molar-refractivity contribution in [2.75, 3.05) is 5.32 Å². The Kier molecular flexibility index (Phi) is 4.79. The van der Waals surface area contributed by atoms with E-state index in [1.54, 1.807) is 12.1 Å². The van der Waals surface area contributed by atoms with E-state index in [-0.39, 0.29) is 17.9 Å². The summed E-state index contributed by atoms with van der Waals surface area (Å²) in [5, 5.41) is 3.05. The van der Waals surface area contributed by atoms with Gasteiger partial charge in [0, 0.05) is 17.6 Å². The number of urea groups is 1. The van der Waals surface area contributed by atoms with Gasteiger partial charge in [0.2, 0.25) is 0 Å². The number of nitrogens with one attached hydrogen (secondary N) is 1. The van der Waals surface area contributed by atoms with E-state index >= 15 is 0 Å². The molecular formula is C26H22FN3O. The number of carbonyl (C=O) groups is 1. The normalized spacial score (nSPS) is 15.0. The molecule has 2 amide bonds. The van der Waals surface area contributed by atoms with Crippen LogP contribution in [-0.2, 0) is 6.54 Å². The number of hydrogen-bond acceptors (Lipinski definition) is 1. The molecule has 1 aromatic heterocycles. The van der Waals surface area contributed by atoms with Crippen LogP contribution < -0.4 is 5.32 Å². The van der Waals surface area contributed by atoms with Crippen molar-refractivity contribution in [3.8, 4) is 5.69 Å².